The van der Waals surface area contributed by atoms with Crippen LogP contribution >= 0.6 is 0 Å². The number of hydrogen-bond acceptors (Lipinski definition) is 2. The molecule has 0 amide bonds. The molecule has 2 nitrogen and oxygen atoms in total. The maximum absolute atomic E-state index is 2.08. The standard InChI is InChI=1S/C6H15BN2/c1-8(2)6(5-7)9(3)4/h5H,7H2,1-4H3. The van der Waals surface area contributed by atoms with Crippen LogP contribution in [0.15, 0.2) is 11.8 Å². The zero-order valence-corrected chi connectivity index (χ0v) is 6.97. The molecule has 0 rings (SSSR count). The van der Waals surface area contributed by atoms with Crippen LogP contribution in [-0.2, 0) is 0 Å². The molecule has 9 heavy (non-hydrogen) atoms. The zero-order chi connectivity index (χ0) is 7.44. The minimum absolute atomic E-state index is 1.23. The van der Waals surface area contributed by atoms with Crippen LogP contribution in [0.4, 0.5) is 0 Å². The van der Waals surface area contributed by atoms with Gasteiger partial charge in [-0.1, -0.05) is 5.98 Å². The summed E-state index contributed by atoms with van der Waals surface area (Å²) in [5, 5.41) is 0. The van der Waals surface area contributed by atoms with Gasteiger partial charge in [-0.05, 0) is 0 Å². The summed E-state index contributed by atoms with van der Waals surface area (Å²) in [5.74, 6) is 3.31. The fraction of sp³-hybridized carbons (Fsp3) is 0.667. The maximum Gasteiger partial charge on any atom is 0.134 e. The van der Waals surface area contributed by atoms with Crippen molar-refractivity contribution in [3.8, 4) is 0 Å². The lowest BCUT2D eigenvalue weighted by atomic mass is 10.1. The Hall–Kier alpha value is -0.595. The number of hydrogen-bond donors (Lipinski definition) is 0. The summed E-state index contributed by atoms with van der Waals surface area (Å²) in [6.45, 7) is 0. The molecule has 0 atom stereocenters. The molecule has 3 heteroatoms. The van der Waals surface area contributed by atoms with E-state index >= 15 is 0 Å². The van der Waals surface area contributed by atoms with Crippen LogP contribution in [0.2, 0.25) is 0 Å². The molecule has 0 aromatic carbocycles. The zero-order valence-electron chi connectivity index (χ0n) is 6.97. The third-order valence-electron chi connectivity index (χ3n) is 1.17. The van der Waals surface area contributed by atoms with Gasteiger partial charge in [-0.2, -0.15) is 0 Å². The lowest BCUT2D eigenvalue weighted by Gasteiger charge is -2.24. The Labute approximate surface area is 58.5 Å². The van der Waals surface area contributed by atoms with Gasteiger partial charge in [0.25, 0.3) is 0 Å². The summed E-state index contributed by atoms with van der Waals surface area (Å²) >= 11 is 0. The van der Waals surface area contributed by atoms with Gasteiger partial charge in [-0.3, -0.25) is 0 Å². The molecular formula is C6H15BN2. The third kappa shape index (κ3) is 2.45. The summed E-state index contributed by atoms with van der Waals surface area (Å²) in [4.78, 5) is 4.17. The second-order valence-electron chi connectivity index (χ2n) is 2.44. The fourth-order valence-corrected chi connectivity index (χ4v) is 0.916. The number of nitrogens with zero attached hydrogens (tertiary/aromatic N) is 2. The van der Waals surface area contributed by atoms with Gasteiger partial charge >= 0.3 is 0 Å². The van der Waals surface area contributed by atoms with Gasteiger partial charge in [0.1, 0.15) is 7.85 Å². The van der Waals surface area contributed by atoms with Crippen molar-refractivity contribution in [3.63, 3.8) is 0 Å². The molecule has 52 valence electrons. The summed E-state index contributed by atoms with van der Waals surface area (Å²) in [6, 6.07) is 0. The molecule has 0 unspecified atom stereocenters. The molecule has 0 aliphatic heterocycles. The monoisotopic (exact) mass is 126 g/mol. The van der Waals surface area contributed by atoms with E-state index in [1.165, 1.54) is 5.82 Å². The second kappa shape index (κ2) is 3.43. The summed E-state index contributed by atoms with van der Waals surface area (Å²) in [7, 11) is 10.2. The molecule has 0 radical (unpaired) electrons. The van der Waals surface area contributed by atoms with Gasteiger partial charge in [-0.15, -0.1) is 0 Å². The van der Waals surface area contributed by atoms with E-state index in [0.717, 1.165) is 0 Å². The van der Waals surface area contributed by atoms with Crippen molar-refractivity contribution in [2.45, 2.75) is 0 Å². The van der Waals surface area contributed by atoms with Crippen molar-refractivity contribution in [1.82, 2.24) is 9.80 Å². The van der Waals surface area contributed by atoms with Crippen molar-refractivity contribution < 1.29 is 0 Å². The van der Waals surface area contributed by atoms with E-state index in [1.54, 1.807) is 0 Å². The van der Waals surface area contributed by atoms with Crippen LogP contribution in [0, 0.1) is 0 Å². The Bertz CT molecular complexity index is 97.6. The van der Waals surface area contributed by atoms with Crippen molar-refractivity contribution in [2.24, 2.45) is 0 Å². The minimum Gasteiger partial charge on any atom is -0.365 e. The van der Waals surface area contributed by atoms with Gasteiger partial charge in [0.05, 0.1) is 5.82 Å². The van der Waals surface area contributed by atoms with E-state index < -0.39 is 0 Å². The third-order valence-corrected chi connectivity index (χ3v) is 1.17. The number of rotatable bonds is 2. The van der Waals surface area contributed by atoms with Gasteiger partial charge in [-0.25, -0.2) is 0 Å². The van der Waals surface area contributed by atoms with Gasteiger partial charge in [0.2, 0.25) is 0 Å². The van der Waals surface area contributed by atoms with E-state index in [2.05, 4.69) is 15.8 Å². The van der Waals surface area contributed by atoms with Gasteiger partial charge in [0, 0.05) is 28.2 Å². The van der Waals surface area contributed by atoms with E-state index in [0.29, 0.717) is 0 Å². The highest BCUT2D eigenvalue weighted by Gasteiger charge is 1.96. The Morgan fingerprint density at radius 1 is 1.11 bits per heavy atom. The van der Waals surface area contributed by atoms with Crippen molar-refractivity contribution >= 4 is 7.85 Å². The predicted molar refractivity (Wildman–Crippen MR) is 44.0 cm³/mol. The Morgan fingerprint density at radius 3 is 1.44 bits per heavy atom. The fourth-order valence-electron chi connectivity index (χ4n) is 0.916. The van der Waals surface area contributed by atoms with E-state index in [-0.39, 0.29) is 0 Å². The molecule has 0 fully saturated rings. The minimum atomic E-state index is 1.23. The molecule has 0 aromatic rings. The van der Waals surface area contributed by atoms with Crippen LogP contribution in [0.3, 0.4) is 0 Å². The van der Waals surface area contributed by atoms with Crippen molar-refractivity contribution in [2.75, 3.05) is 28.2 Å². The molecule has 0 saturated carbocycles. The summed E-state index contributed by atoms with van der Waals surface area (Å²) < 4.78 is 0. The van der Waals surface area contributed by atoms with Gasteiger partial charge in [0.15, 0.2) is 0 Å². The predicted octanol–water partition coefficient (Wildman–Crippen LogP) is -0.458. The lowest BCUT2D eigenvalue weighted by molar-refractivity contribution is 0.344. The molecular weight excluding hydrogens is 111 g/mol. The first-order valence-electron chi connectivity index (χ1n) is 3.10. The molecule has 0 N–H and O–H groups in total. The molecule has 0 spiro atoms. The maximum atomic E-state index is 2.08. The average Bonchev–Trinajstić information content (AvgIpc) is 1.64. The SMILES string of the molecule is BC=C(N(C)C)N(C)C. The van der Waals surface area contributed by atoms with Crippen LogP contribution < -0.4 is 0 Å². The molecule has 0 aliphatic carbocycles. The first-order chi connectivity index (χ1) is 4.09. The summed E-state index contributed by atoms with van der Waals surface area (Å²) in [5.41, 5.74) is 0. The topological polar surface area (TPSA) is 6.48 Å². The van der Waals surface area contributed by atoms with E-state index in [4.69, 9.17) is 0 Å². The second-order valence-corrected chi connectivity index (χ2v) is 2.44. The molecule has 0 bridgehead atoms. The highest BCUT2D eigenvalue weighted by molar-refractivity contribution is 6.17. The van der Waals surface area contributed by atoms with Gasteiger partial charge < -0.3 is 9.80 Å². The van der Waals surface area contributed by atoms with Crippen LogP contribution in [0.5, 0.6) is 0 Å². The Morgan fingerprint density at radius 2 is 1.44 bits per heavy atom. The molecule has 0 aromatic heterocycles. The van der Waals surface area contributed by atoms with E-state index in [1.807, 2.05) is 36.0 Å². The first-order valence-corrected chi connectivity index (χ1v) is 3.10. The molecule has 0 heterocycles. The quantitative estimate of drug-likeness (QED) is 0.462. The molecule has 0 aliphatic rings. The largest absolute Gasteiger partial charge is 0.365 e. The van der Waals surface area contributed by atoms with Crippen LogP contribution in [0.1, 0.15) is 0 Å². The Balaban J connectivity index is 4.01. The lowest BCUT2D eigenvalue weighted by Crippen LogP contribution is -2.24. The average molecular weight is 126 g/mol. The van der Waals surface area contributed by atoms with Crippen molar-refractivity contribution in [1.29, 1.82) is 0 Å². The first kappa shape index (κ1) is 8.40. The Kier molecular flexibility index (Phi) is 3.21. The highest BCUT2D eigenvalue weighted by Crippen LogP contribution is 1.98. The normalized spacial score (nSPS) is 8.44. The van der Waals surface area contributed by atoms with E-state index in [9.17, 15) is 0 Å². The highest BCUT2D eigenvalue weighted by atomic mass is 15.3. The smallest absolute Gasteiger partial charge is 0.134 e. The van der Waals surface area contributed by atoms with Crippen molar-refractivity contribution in [3.05, 3.63) is 11.8 Å². The van der Waals surface area contributed by atoms with Crippen LogP contribution in [0.25, 0.3) is 0 Å². The van der Waals surface area contributed by atoms with Crippen LogP contribution in [-0.4, -0.2) is 45.8 Å². The summed E-state index contributed by atoms with van der Waals surface area (Å²) in [6.07, 6.45) is 0. The molecule has 0 saturated heterocycles.